The predicted octanol–water partition coefficient (Wildman–Crippen LogP) is 1.33. The summed E-state index contributed by atoms with van der Waals surface area (Å²) in [5.41, 5.74) is 5.56. The van der Waals surface area contributed by atoms with E-state index in [-0.39, 0.29) is 5.82 Å². The number of nitrogens with one attached hydrogen (secondary N) is 1. The van der Waals surface area contributed by atoms with Crippen LogP contribution in [0.25, 0.3) is 0 Å². The fourth-order valence-corrected chi connectivity index (χ4v) is 1.75. The summed E-state index contributed by atoms with van der Waals surface area (Å²) in [6, 6.07) is 0. The van der Waals surface area contributed by atoms with Gasteiger partial charge in [-0.05, 0) is 13.8 Å². The summed E-state index contributed by atoms with van der Waals surface area (Å²) >= 11 is 1.21. The van der Waals surface area contributed by atoms with E-state index < -0.39 is 5.97 Å². The lowest BCUT2D eigenvalue weighted by Crippen LogP contribution is -2.05. The van der Waals surface area contributed by atoms with Gasteiger partial charge in [-0.25, -0.2) is 9.78 Å². The summed E-state index contributed by atoms with van der Waals surface area (Å²) in [6.07, 6.45) is 0. The molecule has 6 heteroatoms. The van der Waals surface area contributed by atoms with E-state index in [1.54, 1.807) is 6.92 Å². The smallest absolute Gasteiger partial charge is 0.352 e. The molecule has 0 atom stereocenters. The van der Waals surface area contributed by atoms with E-state index in [1.165, 1.54) is 11.3 Å². The Balaban J connectivity index is 2.81. The molecule has 1 rings (SSSR count). The summed E-state index contributed by atoms with van der Waals surface area (Å²) in [4.78, 5) is 15.7. The van der Waals surface area contributed by atoms with Gasteiger partial charge in [-0.1, -0.05) is 11.3 Å². The molecule has 0 spiro atoms. The third kappa shape index (κ3) is 2.35. The molecule has 1 aromatic rings. The van der Waals surface area contributed by atoms with Gasteiger partial charge in [0.25, 0.3) is 0 Å². The van der Waals surface area contributed by atoms with Gasteiger partial charge < -0.3 is 15.8 Å². The molecule has 0 unspecified atom stereocenters. The lowest BCUT2D eigenvalue weighted by atomic mass is 10.5. The SMILES string of the molecule is CCNc1nc(N)c(C(=O)OCC)s1. The fourth-order valence-electron chi connectivity index (χ4n) is 0.902. The highest BCUT2D eigenvalue weighted by molar-refractivity contribution is 7.17. The van der Waals surface area contributed by atoms with Crippen LogP contribution in [-0.4, -0.2) is 24.1 Å². The number of ether oxygens (including phenoxy) is 1. The van der Waals surface area contributed by atoms with Crippen LogP contribution in [0.3, 0.4) is 0 Å². The summed E-state index contributed by atoms with van der Waals surface area (Å²) in [5, 5.41) is 3.63. The molecule has 5 nitrogen and oxygen atoms in total. The molecular weight excluding hydrogens is 202 g/mol. The number of thiazole rings is 1. The maximum atomic E-state index is 11.3. The van der Waals surface area contributed by atoms with E-state index in [2.05, 4.69) is 10.3 Å². The Hall–Kier alpha value is -1.30. The second-order valence-electron chi connectivity index (χ2n) is 2.48. The number of nitrogens with two attached hydrogens (primary N) is 1. The number of nitrogen functional groups attached to an aromatic ring is 1. The largest absolute Gasteiger partial charge is 0.462 e. The van der Waals surface area contributed by atoms with Crippen LogP contribution in [0.5, 0.6) is 0 Å². The number of rotatable bonds is 4. The maximum Gasteiger partial charge on any atom is 0.352 e. The highest BCUT2D eigenvalue weighted by Gasteiger charge is 2.16. The summed E-state index contributed by atoms with van der Waals surface area (Å²) < 4.78 is 4.82. The normalized spacial score (nSPS) is 9.86. The predicted molar refractivity (Wildman–Crippen MR) is 56.6 cm³/mol. The zero-order valence-corrected chi connectivity index (χ0v) is 8.98. The third-order valence-corrected chi connectivity index (χ3v) is 2.45. The number of carbonyl (C=O) groups excluding carboxylic acids is 1. The summed E-state index contributed by atoms with van der Waals surface area (Å²) in [6.45, 7) is 4.78. The fraction of sp³-hybridized carbons (Fsp3) is 0.500. The molecule has 1 aromatic heterocycles. The van der Waals surface area contributed by atoms with Gasteiger partial charge in [0.15, 0.2) is 15.8 Å². The summed E-state index contributed by atoms with van der Waals surface area (Å²) in [5.74, 6) is -0.184. The number of anilines is 2. The monoisotopic (exact) mass is 215 g/mol. The molecule has 0 aliphatic carbocycles. The maximum absolute atomic E-state index is 11.3. The Morgan fingerprint density at radius 2 is 2.36 bits per heavy atom. The minimum atomic E-state index is -0.411. The molecule has 0 fully saturated rings. The van der Waals surface area contributed by atoms with Gasteiger partial charge >= 0.3 is 5.97 Å². The Labute approximate surface area is 86.3 Å². The Morgan fingerprint density at radius 3 is 2.93 bits per heavy atom. The third-order valence-electron chi connectivity index (χ3n) is 1.44. The minimum absolute atomic E-state index is 0.226. The first kappa shape index (κ1) is 10.8. The van der Waals surface area contributed by atoms with Crippen LogP contribution in [0.2, 0.25) is 0 Å². The van der Waals surface area contributed by atoms with Crippen molar-refractivity contribution in [3.63, 3.8) is 0 Å². The molecule has 0 amide bonds. The molecule has 0 aliphatic rings. The number of nitrogens with zero attached hydrogens (tertiary/aromatic N) is 1. The number of hydrogen-bond donors (Lipinski definition) is 2. The summed E-state index contributed by atoms with van der Waals surface area (Å²) in [7, 11) is 0. The van der Waals surface area contributed by atoms with E-state index in [9.17, 15) is 4.79 Å². The van der Waals surface area contributed by atoms with E-state index >= 15 is 0 Å². The zero-order chi connectivity index (χ0) is 10.6. The van der Waals surface area contributed by atoms with Gasteiger partial charge in [0.2, 0.25) is 0 Å². The van der Waals surface area contributed by atoms with Crippen molar-refractivity contribution < 1.29 is 9.53 Å². The zero-order valence-electron chi connectivity index (χ0n) is 8.16. The van der Waals surface area contributed by atoms with E-state index in [0.29, 0.717) is 16.6 Å². The quantitative estimate of drug-likeness (QED) is 0.741. The number of carbonyl (C=O) groups is 1. The van der Waals surface area contributed by atoms with Crippen molar-refractivity contribution in [2.75, 3.05) is 24.2 Å². The molecule has 0 saturated heterocycles. The standard InChI is InChI=1S/C8H13N3O2S/c1-3-10-8-11-6(9)5(14-8)7(12)13-4-2/h3-4,9H2,1-2H3,(H,10,11). The molecular formula is C8H13N3O2S. The second-order valence-corrected chi connectivity index (χ2v) is 3.48. The molecule has 1 heterocycles. The second kappa shape index (κ2) is 4.80. The van der Waals surface area contributed by atoms with Crippen molar-refractivity contribution in [2.24, 2.45) is 0 Å². The van der Waals surface area contributed by atoms with Crippen LogP contribution in [0.15, 0.2) is 0 Å². The van der Waals surface area contributed by atoms with Gasteiger partial charge in [-0.3, -0.25) is 0 Å². The van der Waals surface area contributed by atoms with Crippen LogP contribution < -0.4 is 11.1 Å². The highest BCUT2D eigenvalue weighted by atomic mass is 32.1. The molecule has 0 saturated carbocycles. The van der Waals surface area contributed by atoms with Crippen LogP contribution in [0.4, 0.5) is 10.9 Å². The van der Waals surface area contributed by atoms with Crippen molar-refractivity contribution in [2.45, 2.75) is 13.8 Å². The van der Waals surface area contributed by atoms with Crippen molar-refractivity contribution in [3.05, 3.63) is 4.88 Å². The average molecular weight is 215 g/mol. The van der Waals surface area contributed by atoms with Gasteiger partial charge in [0.1, 0.15) is 0 Å². The average Bonchev–Trinajstić information content (AvgIpc) is 2.48. The topological polar surface area (TPSA) is 77.2 Å². The number of aromatic nitrogens is 1. The molecule has 0 aliphatic heterocycles. The van der Waals surface area contributed by atoms with Gasteiger partial charge in [0.05, 0.1) is 6.61 Å². The Bertz CT molecular complexity index is 324. The van der Waals surface area contributed by atoms with Crippen molar-refractivity contribution in [1.29, 1.82) is 0 Å². The molecule has 78 valence electrons. The van der Waals surface area contributed by atoms with Gasteiger partial charge in [-0.2, -0.15) is 0 Å². The molecule has 0 aromatic carbocycles. The molecule has 14 heavy (non-hydrogen) atoms. The lowest BCUT2D eigenvalue weighted by molar-refractivity contribution is 0.0533. The van der Waals surface area contributed by atoms with Crippen molar-refractivity contribution in [3.8, 4) is 0 Å². The first-order valence-corrected chi connectivity index (χ1v) is 5.18. The molecule has 0 radical (unpaired) electrons. The van der Waals surface area contributed by atoms with E-state index in [4.69, 9.17) is 10.5 Å². The van der Waals surface area contributed by atoms with Crippen molar-refractivity contribution >= 4 is 28.3 Å². The van der Waals surface area contributed by atoms with E-state index in [1.807, 2.05) is 6.92 Å². The highest BCUT2D eigenvalue weighted by Crippen LogP contribution is 2.25. The van der Waals surface area contributed by atoms with Crippen LogP contribution in [0, 0.1) is 0 Å². The van der Waals surface area contributed by atoms with E-state index in [0.717, 1.165) is 6.54 Å². The molecule has 0 bridgehead atoms. The van der Waals surface area contributed by atoms with Crippen molar-refractivity contribution in [1.82, 2.24) is 4.98 Å². The Kier molecular flexibility index (Phi) is 3.70. The molecule has 3 N–H and O–H groups in total. The van der Waals surface area contributed by atoms with Crippen LogP contribution >= 0.6 is 11.3 Å². The van der Waals surface area contributed by atoms with Crippen LogP contribution in [-0.2, 0) is 4.74 Å². The lowest BCUT2D eigenvalue weighted by Gasteiger charge is -1.97. The number of hydrogen-bond acceptors (Lipinski definition) is 6. The first-order valence-electron chi connectivity index (χ1n) is 4.36. The first-order chi connectivity index (χ1) is 6.69. The Morgan fingerprint density at radius 1 is 1.64 bits per heavy atom. The van der Waals surface area contributed by atoms with Gasteiger partial charge in [0, 0.05) is 6.54 Å². The minimum Gasteiger partial charge on any atom is -0.462 e. The van der Waals surface area contributed by atoms with Gasteiger partial charge in [-0.15, -0.1) is 0 Å². The van der Waals surface area contributed by atoms with Crippen LogP contribution in [0.1, 0.15) is 23.5 Å². The number of esters is 1.